The van der Waals surface area contributed by atoms with Gasteiger partial charge in [-0.25, -0.2) is 15.0 Å². The van der Waals surface area contributed by atoms with E-state index in [2.05, 4.69) is 19.7 Å². The molecular formula is C14H15N3O4. The fraction of sp³-hybridized carbons (Fsp3) is 0.286. The first-order valence-electron chi connectivity index (χ1n) is 6.29. The number of esters is 1. The van der Waals surface area contributed by atoms with E-state index in [0.29, 0.717) is 17.1 Å². The summed E-state index contributed by atoms with van der Waals surface area (Å²) in [4.78, 5) is 22.8. The van der Waals surface area contributed by atoms with Gasteiger partial charge in [-0.1, -0.05) is 0 Å². The summed E-state index contributed by atoms with van der Waals surface area (Å²) in [7, 11) is 1.32. The Bertz CT molecular complexity index is 619. The van der Waals surface area contributed by atoms with Crippen molar-refractivity contribution in [3.05, 3.63) is 30.9 Å². The molecule has 0 amide bonds. The molecule has 1 aromatic carbocycles. The third-order valence-corrected chi connectivity index (χ3v) is 2.72. The lowest BCUT2D eigenvalue weighted by molar-refractivity contribution is -0.142. The monoisotopic (exact) mass is 289 g/mol. The summed E-state index contributed by atoms with van der Waals surface area (Å²) in [5, 5.41) is 10.0. The molecule has 110 valence electrons. The quantitative estimate of drug-likeness (QED) is 0.835. The second-order valence-corrected chi connectivity index (χ2v) is 4.35. The number of methoxy groups -OCH3 is 1. The highest BCUT2D eigenvalue weighted by Gasteiger charge is 2.13. The zero-order valence-corrected chi connectivity index (χ0v) is 11.7. The van der Waals surface area contributed by atoms with Crippen molar-refractivity contribution < 1.29 is 19.4 Å². The number of nitrogens with zero attached hydrogens (tertiary/aromatic N) is 3. The summed E-state index contributed by atoms with van der Waals surface area (Å²) in [6.45, 7) is 1.74. The van der Waals surface area contributed by atoms with Crippen LogP contribution in [0.2, 0.25) is 0 Å². The van der Waals surface area contributed by atoms with Crippen LogP contribution in [0.1, 0.15) is 13.3 Å². The Morgan fingerprint density at radius 2 is 2.05 bits per heavy atom. The van der Waals surface area contributed by atoms with Crippen molar-refractivity contribution in [2.24, 2.45) is 0 Å². The number of hydrogen-bond acceptors (Lipinski definition) is 7. The average molecular weight is 289 g/mol. The summed E-state index contributed by atoms with van der Waals surface area (Å²) in [5.74, 6) is 0.455. The molecule has 0 fully saturated rings. The second kappa shape index (κ2) is 6.65. The van der Waals surface area contributed by atoms with Crippen LogP contribution < -0.4 is 4.74 Å². The van der Waals surface area contributed by atoms with Gasteiger partial charge in [-0.2, -0.15) is 0 Å². The summed E-state index contributed by atoms with van der Waals surface area (Å²) >= 11 is 0. The van der Waals surface area contributed by atoms with Gasteiger partial charge in [0.1, 0.15) is 30.3 Å². The SMILES string of the molecule is COC(=O)CC(C)Oc1ccc(-c2ncncn2)c(O)c1. The maximum Gasteiger partial charge on any atom is 0.309 e. The molecule has 0 aliphatic carbocycles. The predicted molar refractivity (Wildman–Crippen MR) is 73.7 cm³/mol. The van der Waals surface area contributed by atoms with Gasteiger partial charge in [0.2, 0.25) is 0 Å². The lowest BCUT2D eigenvalue weighted by Gasteiger charge is -2.14. The molecule has 21 heavy (non-hydrogen) atoms. The summed E-state index contributed by atoms with van der Waals surface area (Å²) < 4.78 is 10.1. The topological polar surface area (TPSA) is 94.4 Å². The van der Waals surface area contributed by atoms with E-state index >= 15 is 0 Å². The molecular weight excluding hydrogens is 274 g/mol. The molecule has 7 nitrogen and oxygen atoms in total. The first kappa shape index (κ1) is 14.7. The molecule has 2 rings (SSSR count). The van der Waals surface area contributed by atoms with Gasteiger partial charge in [0.05, 0.1) is 19.1 Å². The summed E-state index contributed by atoms with van der Waals surface area (Å²) in [5.41, 5.74) is 0.477. The van der Waals surface area contributed by atoms with Crippen molar-refractivity contribution in [1.29, 1.82) is 0 Å². The fourth-order valence-electron chi connectivity index (χ4n) is 1.74. The highest BCUT2D eigenvalue weighted by atomic mass is 16.5. The number of carbonyl (C=O) groups is 1. The first-order chi connectivity index (χ1) is 10.1. The van der Waals surface area contributed by atoms with Crippen LogP contribution in [0.4, 0.5) is 0 Å². The second-order valence-electron chi connectivity index (χ2n) is 4.35. The number of aromatic nitrogens is 3. The first-order valence-corrected chi connectivity index (χ1v) is 6.29. The Balaban J connectivity index is 2.11. The molecule has 2 aromatic rings. The average Bonchev–Trinajstić information content (AvgIpc) is 2.48. The zero-order valence-electron chi connectivity index (χ0n) is 11.7. The van der Waals surface area contributed by atoms with E-state index in [1.165, 1.54) is 25.8 Å². The predicted octanol–water partition coefficient (Wildman–Crippen LogP) is 1.57. The number of phenolic OH excluding ortho intramolecular Hbond substituents is 1. The summed E-state index contributed by atoms with van der Waals surface area (Å²) in [6, 6.07) is 4.77. The van der Waals surface area contributed by atoms with Crippen LogP contribution in [0.3, 0.4) is 0 Å². The van der Waals surface area contributed by atoms with E-state index in [0.717, 1.165) is 0 Å². The molecule has 0 saturated carbocycles. The van der Waals surface area contributed by atoms with Gasteiger partial charge in [-0.3, -0.25) is 4.79 Å². The van der Waals surface area contributed by atoms with Crippen molar-refractivity contribution in [2.45, 2.75) is 19.4 Å². The van der Waals surface area contributed by atoms with Gasteiger partial charge in [-0.05, 0) is 19.1 Å². The van der Waals surface area contributed by atoms with Crippen molar-refractivity contribution in [3.63, 3.8) is 0 Å². The van der Waals surface area contributed by atoms with Gasteiger partial charge in [0, 0.05) is 6.07 Å². The lowest BCUT2D eigenvalue weighted by Crippen LogP contribution is -2.17. The highest BCUT2D eigenvalue weighted by Crippen LogP contribution is 2.30. The number of aromatic hydroxyl groups is 1. The van der Waals surface area contributed by atoms with Gasteiger partial charge >= 0.3 is 5.97 Å². The molecule has 1 unspecified atom stereocenters. The van der Waals surface area contributed by atoms with E-state index in [4.69, 9.17) is 4.74 Å². The van der Waals surface area contributed by atoms with Crippen LogP contribution in [-0.2, 0) is 9.53 Å². The lowest BCUT2D eigenvalue weighted by atomic mass is 10.1. The van der Waals surface area contributed by atoms with Crippen LogP contribution >= 0.6 is 0 Å². The maximum absolute atomic E-state index is 11.1. The zero-order chi connectivity index (χ0) is 15.2. The van der Waals surface area contributed by atoms with Gasteiger partial charge in [0.25, 0.3) is 0 Å². The van der Waals surface area contributed by atoms with Crippen LogP contribution in [0.15, 0.2) is 30.9 Å². The molecule has 1 heterocycles. The van der Waals surface area contributed by atoms with Crippen LogP contribution in [0.25, 0.3) is 11.4 Å². The molecule has 0 aliphatic rings. The number of rotatable bonds is 5. The molecule has 0 saturated heterocycles. The maximum atomic E-state index is 11.1. The minimum absolute atomic E-state index is 0.0102. The van der Waals surface area contributed by atoms with E-state index in [1.54, 1.807) is 19.1 Å². The highest BCUT2D eigenvalue weighted by molar-refractivity contribution is 5.69. The Morgan fingerprint density at radius 3 is 2.67 bits per heavy atom. The van der Waals surface area contributed by atoms with Gasteiger partial charge in [-0.15, -0.1) is 0 Å². The third-order valence-electron chi connectivity index (χ3n) is 2.72. The standard InChI is InChI=1S/C14H15N3O4/c1-9(5-13(19)20-2)21-10-3-4-11(12(18)6-10)14-16-7-15-8-17-14/h3-4,6-9,18H,5H2,1-2H3. The molecule has 0 aliphatic heterocycles. The Morgan fingerprint density at radius 1 is 1.33 bits per heavy atom. The Labute approximate surface area is 121 Å². The number of benzene rings is 1. The number of carbonyl (C=O) groups excluding carboxylic acids is 1. The van der Waals surface area contributed by atoms with Crippen molar-refractivity contribution >= 4 is 5.97 Å². The minimum Gasteiger partial charge on any atom is -0.507 e. The molecule has 0 spiro atoms. The fourth-order valence-corrected chi connectivity index (χ4v) is 1.74. The molecule has 1 atom stereocenters. The molecule has 0 radical (unpaired) electrons. The van der Waals surface area contributed by atoms with Gasteiger partial charge < -0.3 is 14.6 Å². The molecule has 7 heteroatoms. The molecule has 1 aromatic heterocycles. The third kappa shape index (κ3) is 3.88. The Kier molecular flexibility index (Phi) is 4.65. The van der Waals surface area contributed by atoms with Gasteiger partial charge in [0.15, 0.2) is 5.82 Å². The van der Waals surface area contributed by atoms with E-state index < -0.39 is 0 Å². The normalized spacial score (nSPS) is 11.7. The Hall–Kier alpha value is -2.70. The van der Waals surface area contributed by atoms with E-state index in [9.17, 15) is 9.90 Å². The largest absolute Gasteiger partial charge is 0.507 e. The van der Waals surface area contributed by atoms with Crippen LogP contribution in [-0.4, -0.2) is 39.2 Å². The molecule has 1 N–H and O–H groups in total. The van der Waals surface area contributed by atoms with Crippen molar-refractivity contribution in [1.82, 2.24) is 15.0 Å². The van der Waals surface area contributed by atoms with Crippen LogP contribution in [0.5, 0.6) is 11.5 Å². The van der Waals surface area contributed by atoms with Crippen molar-refractivity contribution in [3.8, 4) is 22.9 Å². The number of hydrogen-bond donors (Lipinski definition) is 1. The van der Waals surface area contributed by atoms with E-state index in [1.807, 2.05) is 0 Å². The smallest absolute Gasteiger partial charge is 0.309 e. The minimum atomic E-state index is -0.361. The van der Waals surface area contributed by atoms with Crippen LogP contribution in [0, 0.1) is 0 Å². The van der Waals surface area contributed by atoms with E-state index in [-0.39, 0.29) is 24.2 Å². The number of ether oxygens (including phenoxy) is 2. The summed E-state index contributed by atoms with van der Waals surface area (Å²) in [6.07, 6.45) is 2.47. The van der Waals surface area contributed by atoms with Crippen molar-refractivity contribution in [2.75, 3.05) is 7.11 Å². The molecule has 0 bridgehead atoms. The number of phenols is 1.